The van der Waals surface area contributed by atoms with Gasteiger partial charge in [0.25, 0.3) is 0 Å². The van der Waals surface area contributed by atoms with Crippen molar-refractivity contribution in [3.8, 4) is 11.1 Å². The lowest BCUT2D eigenvalue weighted by Gasteiger charge is -2.11. The van der Waals surface area contributed by atoms with Gasteiger partial charge in [0.15, 0.2) is 5.78 Å². The van der Waals surface area contributed by atoms with Gasteiger partial charge in [-0.05, 0) is 52.6 Å². The fraction of sp³-hybridized carbons (Fsp3) is 0.130. The van der Waals surface area contributed by atoms with Crippen molar-refractivity contribution < 1.29 is 9.59 Å². The van der Waals surface area contributed by atoms with E-state index in [4.69, 9.17) is 5.73 Å². The highest BCUT2D eigenvalue weighted by Gasteiger charge is 2.24. The maximum absolute atomic E-state index is 12.8. The van der Waals surface area contributed by atoms with Gasteiger partial charge in [0, 0.05) is 30.4 Å². The van der Waals surface area contributed by atoms with Gasteiger partial charge in [0.2, 0.25) is 5.91 Å². The topological polar surface area (TPSA) is 63.4 Å². The Bertz CT molecular complexity index is 1040. The van der Waals surface area contributed by atoms with Gasteiger partial charge in [-0.25, -0.2) is 0 Å². The van der Waals surface area contributed by atoms with Crippen LogP contribution in [0.3, 0.4) is 0 Å². The first-order valence-electron chi connectivity index (χ1n) is 8.89. The number of nitrogens with two attached hydrogens (primary N) is 1. The van der Waals surface area contributed by atoms with Crippen LogP contribution in [-0.2, 0) is 17.6 Å². The first-order chi connectivity index (χ1) is 13.0. The zero-order valence-electron chi connectivity index (χ0n) is 15.1. The van der Waals surface area contributed by atoms with Crippen molar-refractivity contribution in [1.82, 2.24) is 0 Å². The lowest BCUT2D eigenvalue weighted by atomic mass is 9.96. The third kappa shape index (κ3) is 3.22. The molecule has 1 heterocycles. The van der Waals surface area contributed by atoms with E-state index in [1.807, 2.05) is 60.7 Å². The van der Waals surface area contributed by atoms with Gasteiger partial charge in [0.1, 0.15) is 0 Å². The first kappa shape index (κ1) is 17.0. The number of hydrogen-bond donors (Lipinski definition) is 1. The van der Waals surface area contributed by atoms with Crippen LogP contribution < -0.4 is 10.6 Å². The number of hydrogen-bond acceptors (Lipinski definition) is 3. The van der Waals surface area contributed by atoms with E-state index in [9.17, 15) is 9.59 Å². The number of Topliss-reactive ketones (excluding diaryl/α,β-unsaturated/α-hetero) is 1. The number of fused-ring (bicyclic) bond motifs is 1. The summed E-state index contributed by atoms with van der Waals surface area (Å²) in [7, 11) is 1.76. The second kappa shape index (κ2) is 6.72. The molecule has 134 valence electrons. The van der Waals surface area contributed by atoms with Crippen molar-refractivity contribution in [2.45, 2.75) is 12.8 Å². The molecule has 0 bridgehead atoms. The molecule has 4 nitrogen and oxygen atoms in total. The Kier molecular flexibility index (Phi) is 4.24. The smallest absolute Gasteiger partial charge is 0.231 e. The zero-order chi connectivity index (χ0) is 19.0. The second-order valence-electron chi connectivity index (χ2n) is 6.85. The monoisotopic (exact) mass is 356 g/mol. The summed E-state index contributed by atoms with van der Waals surface area (Å²) in [6.45, 7) is 0. The van der Waals surface area contributed by atoms with E-state index in [-0.39, 0.29) is 18.1 Å². The highest BCUT2D eigenvalue weighted by molar-refractivity contribution is 6.04. The number of rotatable bonds is 4. The van der Waals surface area contributed by atoms with Crippen molar-refractivity contribution in [2.24, 2.45) is 0 Å². The van der Waals surface area contributed by atoms with Crippen molar-refractivity contribution in [2.75, 3.05) is 17.7 Å². The SMILES string of the molecule is CN1C(=O)Cc2cc(C(=O)Cc3cc(-c4ccccc4)ccc3N)ccc21. The van der Waals surface area contributed by atoms with Crippen molar-refractivity contribution in [3.63, 3.8) is 0 Å². The van der Waals surface area contributed by atoms with Crippen LogP contribution in [0.25, 0.3) is 11.1 Å². The third-order valence-electron chi connectivity index (χ3n) is 5.08. The predicted molar refractivity (Wildman–Crippen MR) is 108 cm³/mol. The van der Waals surface area contributed by atoms with Crippen LogP contribution in [0.5, 0.6) is 0 Å². The fourth-order valence-corrected chi connectivity index (χ4v) is 3.49. The molecule has 1 aliphatic rings. The van der Waals surface area contributed by atoms with Crippen LogP contribution in [0.2, 0.25) is 0 Å². The molecule has 0 fully saturated rings. The highest BCUT2D eigenvalue weighted by Crippen LogP contribution is 2.29. The maximum Gasteiger partial charge on any atom is 0.231 e. The summed E-state index contributed by atoms with van der Waals surface area (Å²) in [5.74, 6) is 0.0473. The van der Waals surface area contributed by atoms with E-state index in [1.165, 1.54) is 0 Å². The average molecular weight is 356 g/mol. The van der Waals surface area contributed by atoms with E-state index >= 15 is 0 Å². The molecule has 4 rings (SSSR count). The number of likely N-dealkylation sites (N-methyl/N-ethyl adjacent to an activating group) is 1. The van der Waals surface area contributed by atoms with E-state index in [2.05, 4.69) is 0 Å². The third-order valence-corrected chi connectivity index (χ3v) is 5.08. The van der Waals surface area contributed by atoms with Gasteiger partial charge in [0.05, 0.1) is 6.42 Å². The molecule has 0 radical (unpaired) electrons. The van der Waals surface area contributed by atoms with Crippen LogP contribution >= 0.6 is 0 Å². The Morgan fingerprint density at radius 3 is 2.56 bits per heavy atom. The molecule has 3 aromatic carbocycles. The largest absolute Gasteiger partial charge is 0.398 e. The number of benzene rings is 3. The lowest BCUT2D eigenvalue weighted by Crippen LogP contribution is -2.20. The first-order valence-corrected chi connectivity index (χ1v) is 8.89. The Morgan fingerprint density at radius 1 is 1.00 bits per heavy atom. The second-order valence-corrected chi connectivity index (χ2v) is 6.85. The summed E-state index contributed by atoms with van der Waals surface area (Å²) < 4.78 is 0. The molecule has 4 heteroatoms. The summed E-state index contributed by atoms with van der Waals surface area (Å²) in [4.78, 5) is 26.3. The summed E-state index contributed by atoms with van der Waals surface area (Å²) in [6, 6.07) is 21.3. The van der Waals surface area contributed by atoms with Crippen molar-refractivity contribution in [3.05, 3.63) is 83.4 Å². The van der Waals surface area contributed by atoms with Crippen molar-refractivity contribution in [1.29, 1.82) is 0 Å². The minimum Gasteiger partial charge on any atom is -0.398 e. The number of nitrogens with zero attached hydrogens (tertiary/aromatic N) is 1. The number of carbonyl (C=O) groups excluding carboxylic acids is 2. The maximum atomic E-state index is 12.8. The number of anilines is 2. The summed E-state index contributed by atoms with van der Waals surface area (Å²) in [6.07, 6.45) is 0.577. The van der Waals surface area contributed by atoms with E-state index in [1.54, 1.807) is 18.0 Å². The standard InChI is InChI=1S/C23H20N2O2/c1-25-21-10-8-17(12-19(21)14-23(25)27)22(26)13-18-11-16(7-9-20(18)24)15-5-3-2-4-6-15/h2-12H,13-14,24H2,1H3. The molecule has 0 atom stereocenters. The Balaban J connectivity index is 1.60. The number of nitrogen functional groups attached to an aromatic ring is 1. The minimum absolute atomic E-state index is 0.00304. The van der Waals surface area contributed by atoms with Gasteiger partial charge in [-0.15, -0.1) is 0 Å². The Labute approximate surface area is 158 Å². The number of amides is 1. The molecule has 2 N–H and O–H groups in total. The van der Waals surface area contributed by atoms with E-state index < -0.39 is 0 Å². The van der Waals surface area contributed by atoms with E-state index in [0.29, 0.717) is 17.7 Å². The Hall–Kier alpha value is -3.40. The molecule has 0 unspecified atom stereocenters. The molecule has 3 aromatic rings. The zero-order valence-corrected chi connectivity index (χ0v) is 15.1. The van der Waals surface area contributed by atoms with Gasteiger partial charge < -0.3 is 10.6 Å². The van der Waals surface area contributed by atoms with Crippen LogP contribution in [0.1, 0.15) is 21.5 Å². The molecule has 0 saturated heterocycles. The molecule has 1 amide bonds. The highest BCUT2D eigenvalue weighted by atomic mass is 16.2. The minimum atomic E-state index is -0.00304. The molecule has 0 saturated carbocycles. The van der Waals surface area contributed by atoms with Gasteiger partial charge in [-0.3, -0.25) is 9.59 Å². The van der Waals surface area contributed by atoms with Gasteiger partial charge >= 0.3 is 0 Å². The van der Waals surface area contributed by atoms with E-state index in [0.717, 1.165) is 27.9 Å². The van der Waals surface area contributed by atoms with Crippen molar-refractivity contribution >= 4 is 23.1 Å². The summed E-state index contributed by atoms with van der Waals surface area (Å²) in [5, 5.41) is 0. The fourth-order valence-electron chi connectivity index (χ4n) is 3.49. The van der Waals surface area contributed by atoms with Gasteiger partial charge in [-0.1, -0.05) is 36.4 Å². The van der Waals surface area contributed by atoms with Gasteiger partial charge in [-0.2, -0.15) is 0 Å². The molecule has 1 aliphatic heterocycles. The normalized spacial score (nSPS) is 12.9. The molecular formula is C23H20N2O2. The molecular weight excluding hydrogens is 336 g/mol. The van der Waals surface area contributed by atoms with Crippen LogP contribution in [0.4, 0.5) is 11.4 Å². The predicted octanol–water partition coefficient (Wildman–Crippen LogP) is 3.88. The summed E-state index contributed by atoms with van der Waals surface area (Å²) in [5.41, 5.74) is 12.1. The molecule has 0 spiro atoms. The van der Waals surface area contributed by atoms with Crippen LogP contribution in [-0.4, -0.2) is 18.7 Å². The lowest BCUT2D eigenvalue weighted by molar-refractivity contribution is -0.117. The number of carbonyl (C=O) groups is 2. The van der Waals surface area contributed by atoms with Crippen LogP contribution in [0.15, 0.2) is 66.7 Å². The quantitative estimate of drug-likeness (QED) is 0.570. The molecule has 0 aliphatic carbocycles. The number of ketones is 1. The van der Waals surface area contributed by atoms with Crippen LogP contribution in [0, 0.1) is 0 Å². The summed E-state index contributed by atoms with van der Waals surface area (Å²) >= 11 is 0. The Morgan fingerprint density at radius 2 is 1.78 bits per heavy atom. The average Bonchev–Trinajstić information content (AvgIpc) is 2.97. The molecule has 0 aromatic heterocycles. The molecule has 27 heavy (non-hydrogen) atoms.